The lowest BCUT2D eigenvalue weighted by Gasteiger charge is -2.20. The van der Waals surface area contributed by atoms with Crippen LogP contribution >= 0.6 is 0 Å². The zero-order chi connectivity index (χ0) is 14.6. The first kappa shape index (κ1) is 14.9. The summed E-state index contributed by atoms with van der Waals surface area (Å²) in [4.78, 5) is 23.7. The number of benzene rings is 1. The highest BCUT2D eigenvalue weighted by Crippen LogP contribution is 2.28. The second kappa shape index (κ2) is 6.14. The highest BCUT2D eigenvalue weighted by atomic mass is 16.6. The van der Waals surface area contributed by atoms with Gasteiger partial charge in [0.15, 0.2) is 0 Å². The zero-order valence-corrected chi connectivity index (χ0v) is 11.1. The third-order valence-electron chi connectivity index (χ3n) is 2.90. The lowest BCUT2D eigenvalue weighted by atomic mass is 10.1. The normalized spacial score (nSPS) is 12.2. The molecule has 1 unspecified atom stereocenters. The summed E-state index contributed by atoms with van der Waals surface area (Å²) in [6.07, 6.45) is 0. The molecule has 0 aromatic heterocycles. The second-order valence-electron chi connectivity index (χ2n) is 4.45. The minimum absolute atomic E-state index is 0.0971. The van der Waals surface area contributed by atoms with Crippen molar-refractivity contribution in [2.45, 2.75) is 13.0 Å². The quantitative estimate of drug-likeness (QED) is 0.612. The van der Waals surface area contributed by atoms with E-state index in [-0.39, 0.29) is 11.6 Å². The van der Waals surface area contributed by atoms with Crippen LogP contribution in [0.2, 0.25) is 0 Å². The van der Waals surface area contributed by atoms with Crippen molar-refractivity contribution in [3.8, 4) is 5.75 Å². The summed E-state index contributed by atoms with van der Waals surface area (Å²) < 4.78 is 0. The highest BCUT2D eigenvalue weighted by molar-refractivity contribution is 5.98. The molecule has 1 aromatic rings. The van der Waals surface area contributed by atoms with Crippen molar-refractivity contribution in [1.29, 1.82) is 0 Å². The van der Waals surface area contributed by atoms with Crippen molar-refractivity contribution in [3.63, 3.8) is 0 Å². The Morgan fingerprint density at radius 3 is 2.68 bits per heavy atom. The van der Waals surface area contributed by atoms with Crippen molar-refractivity contribution in [2.75, 3.05) is 20.6 Å². The summed E-state index contributed by atoms with van der Waals surface area (Å²) in [7, 11) is 3.75. The van der Waals surface area contributed by atoms with Gasteiger partial charge in [0.05, 0.1) is 10.5 Å². The van der Waals surface area contributed by atoms with E-state index in [4.69, 9.17) is 0 Å². The number of nitro groups is 1. The van der Waals surface area contributed by atoms with Crippen LogP contribution in [0.15, 0.2) is 18.2 Å². The summed E-state index contributed by atoms with van der Waals surface area (Å²) in [6, 6.07) is 3.97. The van der Waals surface area contributed by atoms with Crippen LogP contribution in [0.4, 0.5) is 5.69 Å². The Bertz CT molecular complexity index is 488. The molecule has 1 atom stereocenters. The number of rotatable bonds is 5. The van der Waals surface area contributed by atoms with Crippen LogP contribution < -0.4 is 5.32 Å². The third kappa shape index (κ3) is 3.65. The summed E-state index contributed by atoms with van der Waals surface area (Å²) in [5.41, 5.74) is -0.575. The van der Waals surface area contributed by atoms with Crippen molar-refractivity contribution in [3.05, 3.63) is 33.9 Å². The molecule has 1 aromatic carbocycles. The van der Waals surface area contributed by atoms with Gasteiger partial charge in [0.1, 0.15) is 0 Å². The number of amides is 1. The molecule has 0 bridgehead atoms. The third-order valence-corrected chi connectivity index (χ3v) is 2.90. The lowest BCUT2D eigenvalue weighted by molar-refractivity contribution is -0.385. The van der Waals surface area contributed by atoms with E-state index in [0.29, 0.717) is 6.54 Å². The van der Waals surface area contributed by atoms with Crippen LogP contribution in [0.5, 0.6) is 5.75 Å². The number of aromatic hydroxyl groups is 1. The molecular formula is C12H17N3O4. The molecule has 7 nitrogen and oxygen atoms in total. The average Bonchev–Trinajstić information content (AvgIpc) is 2.35. The van der Waals surface area contributed by atoms with Gasteiger partial charge in [0.2, 0.25) is 5.75 Å². The minimum atomic E-state index is -0.728. The number of nitrogens with one attached hydrogen (secondary N) is 1. The Kier molecular flexibility index (Phi) is 4.82. The topological polar surface area (TPSA) is 95.7 Å². The predicted octanol–water partition coefficient (Wildman–Crippen LogP) is 0.980. The number of nitro benzene ring substituents is 1. The van der Waals surface area contributed by atoms with Crippen LogP contribution in [0.25, 0.3) is 0 Å². The monoisotopic (exact) mass is 267 g/mol. The first-order chi connectivity index (χ1) is 8.84. The molecule has 2 N–H and O–H groups in total. The summed E-state index contributed by atoms with van der Waals surface area (Å²) in [6.45, 7) is 2.31. The van der Waals surface area contributed by atoms with Gasteiger partial charge in [-0.2, -0.15) is 0 Å². The predicted molar refractivity (Wildman–Crippen MR) is 70.2 cm³/mol. The van der Waals surface area contributed by atoms with Gasteiger partial charge in [-0.1, -0.05) is 6.07 Å². The molecule has 1 amide bonds. The van der Waals surface area contributed by atoms with Crippen LogP contribution in [-0.2, 0) is 0 Å². The molecule has 7 heteroatoms. The van der Waals surface area contributed by atoms with Gasteiger partial charge in [-0.25, -0.2) is 0 Å². The van der Waals surface area contributed by atoms with Gasteiger partial charge in [0.25, 0.3) is 5.91 Å². The fraction of sp³-hybridized carbons (Fsp3) is 0.417. The van der Waals surface area contributed by atoms with Crippen molar-refractivity contribution >= 4 is 11.6 Å². The molecule has 19 heavy (non-hydrogen) atoms. The summed E-state index contributed by atoms with van der Waals surface area (Å²) >= 11 is 0. The number of phenols is 1. The number of hydrogen-bond acceptors (Lipinski definition) is 5. The van der Waals surface area contributed by atoms with Crippen LogP contribution in [0, 0.1) is 10.1 Å². The first-order valence-electron chi connectivity index (χ1n) is 5.75. The number of para-hydroxylation sites is 1. The van der Waals surface area contributed by atoms with E-state index >= 15 is 0 Å². The number of hydrogen-bond donors (Lipinski definition) is 2. The maximum absolute atomic E-state index is 11.9. The molecule has 0 saturated carbocycles. The van der Waals surface area contributed by atoms with E-state index in [0.717, 1.165) is 6.07 Å². The van der Waals surface area contributed by atoms with Gasteiger partial charge in [-0.3, -0.25) is 14.9 Å². The van der Waals surface area contributed by atoms with Gasteiger partial charge in [-0.15, -0.1) is 0 Å². The Morgan fingerprint density at radius 1 is 1.53 bits per heavy atom. The maximum atomic E-state index is 11.9. The largest absolute Gasteiger partial charge is 0.502 e. The number of carbonyl (C=O) groups excluding carboxylic acids is 1. The molecule has 0 aliphatic carbocycles. The minimum Gasteiger partial charge on any atom is -0.502 e. The zero-order valence-electron chi connectivity index (χ0n) is 11.1. The Hall–Kier alpha value is -2.15. The van der Waals surface area contributed by atoms with Gasteiger partial charge >= 0.3 is 5.69 Å². The van der Waals surface area contributed by atoms with Crippen molar-refractivity contribution < 1.29 is 14.8 Å². The fourth-order valence-electron chi connectivity index (χ4n) is 1.38. The van der Waals surface area contributed by atoms with Crippen LogP contribution in [-0.4, -0.2) is 47.5 Å². The molecule has 104 valence electrons. The smallest absolute Gasteiger partial charge is 0.311 e. The molecule has 0 spiro atoms. The van der Waals surface area contributed by atoms with Crippen LogP contribution in [0.1, 0.15) is 17.3 Å². The van der Waals surface area contributed by atoms with Gasteiger partial charge < -0.3 is 15.3 Å². The first-order valence-corrected chi connectivity index (χ1v) is 5.75. The molecular weight excluding hydrogens is 250 g/mol. The number of likely N-dealkylation sites (N-methyl/N-ethyl adjacent to an activating group) is 1. The van der Waals surface area contributed by atoms with E-state index in [1.54, 1.807) is 0 Å². The number of phenolic OH excluding ortho intramolecular Hbond substituents is 1. The summed E-state index contributed by atoms with van der Waals surface area (Å²) in [5.74, 6) is -1.14. The molecule has 0 saturated heterocycles. The van der Waals surface area contributed by atoms with E-state index in [9.17, 15) is 20.0 Å². The maximum Gasteiger partial charge on any atom is 0.311 e. The molecule has 0 aliphatic heterocycles. The van der Waals surface area contributed by atoms with E-state index in [2.05, 4.69) is 5.32 Å². The molecule has 0 aliphatic rings. The number of carbonyl (C=O) groups is 1. The fourth-order valence-corrected chi connectivity index (χ4v) is 1.38. The van der Waals surface area contributed by atoms with Crippen LogP contribution in [0.3, 0.4) is 0 Å². The van der Waals surface area contributed by atoms with E-state index in [1.165, 1.54) is 12.1 Å². The highest BCUT2D eigenvalue weighted by Gasteiger charge is 2.21. The molecule has 0 radical (unpaired) electrons. The van der Waals surface area contributed by atoms with Crippen molar-refractivity contribution in [2.24, 2.45) is 0 Å². The SMILES string of the molecule is CC(CNC(=O)c1cccc([N+](=O)[O-])c1O)N(C)C. The summed E-state index contributed by atoms with van der Waals surface area (Å²) in [5, 5.41) is 23.0. The Morgan fingerprint density at radius 2 is 2.16 bits per heavy atom. The number of nitrogens with zero attached hydrogens (tertiary/aromatic N) is 2. The van der Waals surface area contributed by atoms with E-state index in [1.807, 2.05) is 25.9 Å². The molecule has 0 heterocycles. The molecule has 0 fully saturated rings. The van der Waals surface area contributed by atoms with Crippen molar-refractivity contribution in [1.82, 2.24) is 10.2 Å². The second-order valence-corrected chi connectivity index (χ2v) is 4.45. The standard InChI is InChI=1S/C12H17N3O4/c1-8(14(2)3)7-13-12(17)9-5-4-6-10(11(9)16)15(18)19/h4-6,8,16H,7H2,1-3H3,(H,13,17). The molecule has 1 rings (SSSR count). The average molecular weight is 267 g/mol. The van der Waals surface area contributed by atoms with Gasteiger partial charge in [-0.05, 0) is 27.1 Å². The lowest BCUT2D eigenvalue weighted by Crippen LogP contribution is -2.38. The Balaban J connectivity index is 2.83. The Labute approximate surface area is 111 Å². The van der Waals surface area contributed by atoms with Gasteiger partial charge in [0, 0.05) is 18.7 Å². The van der Waals surface area contributed by atoms with E-state index < -0.39 is 22.3 Å².